The number of pyridine rings is 1. The van der Waals surface area contributed by atoms with Crippen LogP contribution in [0.3, 0.4) is 0 Å². The van der Waals surface area contributed by atoms with Gasteiger partial charge >= 0.3 is 11.5 Å². The second-order valence-corrected chi connectivity index (χ2v) is 8.88. The van der Waals surface area contributed by atoms with E-state index in [1.165, 1.54) is 29.2 Å². The summed E-state index contributed by atoms with van der Waals surface area (Å²) in [6, 6.07) is 13.4. The van der Waals surface area contributed by atoms with Gasteiger partial charge in [-0.15, -0.1) is 0 Å². The molecule has 0 spiro atoms. The first-order chi connectivity index (χ1) is 15.2. The first kappa shape index (κ1) is 22.1. The van der Waals surface area contributed by atoms with E-state index in [1.54, 1.807) is 12.3 Å². The number of benzene rings is 2. The second kappa shape index (κ2) is 8.46. The Balaban J connectivity index is 1.74. The Kier molecular flexibility index (Phi) is 5.85. The molecule has 4 rings (SSSR count). The van der Waals surface area contributed by atoms with Crippen LogP contribution >= 0.6 is 11.8 Å². The summed E-state index contributed by atoms with van der Waals surface area (Å²) in [6.07, 6.45) is 1.64. The Morgan fingerprint density at radius 1 is 1.03 bits per heavy atom. The van der Waals surface area contributed by atoms with Crippen LogP contribution in [0, 0.1) is 5.92 Å². The van der Waals surface area contributed by atoms with E-state index in [1.807, 2.05) is 38.1 Å². The Morgan fingerprint density at radius 2 is 1.72 bits per heavy atom. The summed E-state index contributed by atoms with van der Waals surface area (Å²) in [5, 5.41) is 0.851. The molecule has 2 heterocycles. The molecule has 1 aromatic heterocycles. The number of aromatic nitrogens is 1. The monoisotopic (exact) mass is 459 g/mol. The first-order valence-electron chi connectivity index (χ1n) is 9.99. The van der Waals surface area contributed by atoms with Crippen molar-refractivity contribution in [3.8, 4) is 0 Å². The van der Waals surface area contributed by atoms with Crippen molar-refractivity contribution >= 4 is 40.3 Å². The van der Waals surface area contributed by atoms with Crippen molar-refractivity contribution in [2.24, 2.45) is 5.92 Å². The molecule has 5 nitrogen and oxygen atoms in total. The highest BCUT2D eigenvalue weighted by Gasteiger charge is 2.48. The van der Waals surface area contributed by atoms with Crippen molar-refractivity contribution in [2.45, 2.75) is 36.8 Å². The summed E-state index contributed by atoms with van der Waals surface area (Å²) < 4.78 is 39.2. The number of anilines is 1. The van der Waals surface area contributed by atoms with Gasteiger partial charge in [0.1, 0.15) is 6.04 Å². The van der Waals surface area contributed by atoms with Crippen LogP contribution in [-0.2, 0) is 11.3 Å². The van der Waals surface area contributed by atoms with E-state index in [0.717, 1.165) is 21.4 Å². The highest BCUT2D eigenvalue weighted by atomic mass is 32.2. The van der Waals surface area contributed by atoms with Crippen LogP contribution in [0.25, 0.3) is 10.9 Å². The average Bonchev–Trinajstić information content (AvgIpc) is 2.97. The maximum atomic E-state index is 13.4. The molecule has 9 heteroatoms. The molecule has 0 unspecified atom stereocenters. The van der Waals surface area contributed by atoms with Crippen molar-refractivity contribution in [1.82, 2.24) is 9.88 Å². The third-order valence-electron chi connectivity index (χ3n) is 5.29. The molecule has 0 aliphatic carbocycles. The summed E-state index contributed by atoms with van der Waals surface area (Å²) in [6.45, 7) is 3.77. The van der Waals surface area contributed by atoms with E-state index in [-0.39, 0.29) is 34.8 Å². The fourth-order valence-corrected chi connectivity index (χ4v) is 4.63. The lowest BCUT2D eigenvalue weighted by Gasteiger charge is -2.25. The molecule has 3 aromatic rings. The highest BCUT2D eigenvalue weighted by molar-refractivity contribution is 8.00. The van der Waals surface area contributed by atoms with Crippen molar-refractivity contribution in [3.05, 3.63) is 66.4 Å². The number of imide groups is 1. The van der Waals surface area contributed by atoms with E-state index in [9.17, 15) is 22.8 Å². The molecule has 1 aliphatic rings. The number of amides is 3. The Labute approximate surface area is 187 Å². The Bertz CT molecular complexity index is 1180. The van der Waals surface area contributed by atoms with Gasteiger partial charge in [-0.25, -0.2) is 9.69 Å². The number of hydrogen-bond donors (Lipinski definition) is 0. The largest absolute Gasteiger partial charge is 0.446 e. The SMILES string of the molecule is CC(C)[C@@H]1C(=O)N(c2ccccc2SC(F)(F)F)C(=O)N1Cc1ccnc2ccccc12. The number of rotatable bonds is 5. The zero-order valence-electron chi connectivity index (χ0n) is 17.3. The van der Waals surface area contributed by atoms with Gasteiger partial charge in [0.2, 0.25) is 0 Å². The third kappa shape index (κ3) is 4.17. The lowest BCUT2D eigenvalue weighted by atomic mass is 10.0. The van der Waals surface area contributed by atoms with Gasteiger partial charge in [-0.3, -0.25) is 9.78 Å². The summed E-state index contributed by atoms with van der Waals surface area (Å²) >= 11 is -0.338. The molecule has 32 heavy (non-hydrogen) atoms. The molecule has 1 saturated heterocycles. The summed E-state index contributed by atoms with van der Waals surface area (Å²) in [5.41, 5.74) is -3.04. The van der Waals surface area contributed by atoms with Gasteiger partial charge in [-0.05, 0) is 47.5 Å². The number of nitrogens with zero attached hydrogens (tertiary/aromatic N) is 3. The van der Waals surface area contributed by atoms with Crippen LogP contribution in [0.1, 0.15) is 19.4 Å². The predicted molar refractivity (Wildman–Crippen MR) is 117 cm³/mol. The number of halogens is 3. The van der Waals surface area contributed by atoms with Gasteiger partial charge in [0, 0.05) is 23.0 Å². The van der Waals surface area contributed by atoms with Crippen LogP contribution in [0.4, 0.5) is 23.7 Å². The van der Waals surface area contributed by atoms with Crippen molar-refractivity contribution in [2.75, 3.05) is 4.90 Å². The van der Waals surface area contributed by atoms with Gasteiger partial charge in [-0.1, -0.05) is 44.2 Å². The number of fused-ring (bicyclic) bond motifs is 1. The van der Waals surface area contributed by atoms with E-state index in [4.69, 9.17) is 0 Å². The molecule has 0 radical (unpaired) electrons. The Hall–Kier alpha value is -3.07. The molecule has 166 valence electrons. The van der Waals surface area contributed by atoms with Crippen LogP contribution in [0.15, 0.2) is 65.7 Å². The van der Waals surface area contributed by atoms with E-state index >= 15 is 0 Å². The zero-order valence-corrected chi connectivity index (χ0v) is 18.2. The van der Waals surface area contributed by atoms with Crippen LogP contribution in [-0.4, -0.2) is 33.4 Å². The average molecular weight is 459 g/mol. The number of urea groups is 1. The highest BCUT2D eigenvalue weighted by Crippen LogP contribution is 2.43. The topological polar surface area (TPSA) is 53.5 Å². The van der Waals surface area contributed by atoms with E-state index in [2.05, 4.69) is 4.98 Å². The quantitative estimate of drug-likeness (QED) is 0.355. The molecule has 0 N–H and O–H groups in total. The van der Waals surface area contributed by atoms with E-state index in [0.29, 0.717) is 0 Å². The lowest BCUT2D eigenvalue weighted by molar-refractivity contribution is -0.120. The fraction of sp³-hybridized carbons (Fsp3) is 0.261. The summed E-state index contributed by atoms with van der Waals surface area (Å²) in [7, 11) is 0. The van der Waals surface area contributed by atoms with Crippen molar-refractivity contribution in [1.29, 1.82) is 0 Å². The van der Waals surface area contributed by atoms with Gasteiger partial charge in [0.05, 0.1) is 11.2 Å². The molecular formula is C23H20F3N3O2S. The summed E-state index contributed by atoms with van der Waals surface area (Å²) in [4.78, 5) is 33.2. The zero-order chi connectivity index (χ0) is 23.0. The predicted octanol–water partition coefficient (Wildman–Crippen LogP) is 5.84. The smallest absolute Gasteiger partial charge is 0.307 e. The molecule has 2 aromatic carbocycles. The van der Waals surface area contributed by atoms with E-state index < -0.39 is 23.5 Å². The lowest BCUT2D eigenvalue weighted by Crippen LogP contribution is -2.38. The number of carbonyl (C=O) groups excluding carboxylic acids is 2. The molecule has 0 bridgehead atoms. The molecule has 1 fully saturated rings. The minimum absolute atomic E-state index is 0.0578. The Morgan fingerprint density at radius 3 is 2.44 bits per heavy atom. The minimum Gasteiger partial charge on any atom is -0.307 e. The van der Waals surface area contributed by atoms with Crippen molar-refractivity contribution in [3.63, 3.8) is 0 Å². The third-order valence-corrected chi connectivity index (χ3v) is 6.09. The van der Waals surface area contributed by atoms with Crippen molar-refractivity contribution < 1.29 is 22.8 Å². The number of carbonyl (C=O) groups is 2. The number of hydrogen-bond acceptors (Lipinski definition) is 4. The van der Waals surface area contributed by atoms with Crippen LogP contribution < -0.4 is 4.90 Å². The normalized spacial score (nSPS) is 17.1. The maximum absolute atomic E-state index is 13.4. The van der Waals surface area contributed by atoms with Crippen LogP contribution in [0.2, 0.25) is 0 Å². The molecule has 0 saturated carbocycles. The fourth-order valence-electron chi connectivity index (χ4n) is 3.97. The first-order valence-corrected chi connectivity index (χ1v) is 10.8. The standard InChI is InChI=1S/C23H20F3N3O2S/c1-14(2)20-21(30)29(18-9-5-6-10-19(18)32-23(24,25)26)22(31)28(20)13-15-11-12-27-17-8-4-3-7-16(15)17/h3-12,14,20H,13H2,1-2H3/t20-/m1/s1. The summed E-state index contributed by atoms with van der Waals surface area (Å²) in [5.74, 6) is -0.759. The minimum atomic E-state index is -4.55. The molecule has 1 atom stereocenters. The molecule has 1 aliphatic heterocycles. The van der Waals surface area contributed by atoms with Crippen LogP contribution in [0.5, 0.6) is 0 Å². The van der Waals surface area contributed by atoms with Gasteiger partial charge in [0.25, 0.3) is 5.91 Å². The van der Waals surface area contributed by atoms with Gasteiger partial charge < -0.3 is 4.90 Å². The molecule has 3 amide bonds. The number of para-hydroxylation sites is 2. The van der Waals surface area contributed by atoms with Gasteiger partial charge in [-0.2, -0.15) is 13.2 Å². The maximum Gasteiger partial charge on any atom is 0.446 e. The van der Waals surface area contributed by atoms with Gasteiger partial charge in [0.15, 0.2) is 0 Å². The number of alkyl halides is 3. The second-order valence-electron chi connectivity index (χ2n) is 7.78. The number of thioether (sulfide) groups is 1. The molecular weight excluding hydrogens is 439 g/mol.